The van der Waals surface area contributed by atoms with Gasteiger partial charge in [-0.3, -0.25) is 9.59 Å². The number of hydrogen-bond acceptors (Lipinski definition) is 8. The lowest BCUT2D eigenvalue weighted by atomic mass is 10.3. The Bertz CT molecular complexity index is 861. The molecule has 2 aromatic rings. The van der Waals surface area contributed by atoms with Crippen LogP contribution in [0.5, 0.6) is 0 Å². The number of rotatable bonds is 8. The predicted octanol–water partition coefficient (Wildman–Crippen LogP) is 4.90. The van der Waals surface area contributed by atoms with Gasteiger partial charge in [0.2, 0.25) is 5.82 Å². The fourth-order valence-corrected chi connectivity index (χ4v) is 2.19. The van der Waals surface area contributed by atoms with Gasteiger partial charge in [0.15, 0.2) is 17.3 Å². The predicted molar refractivity (Wildman–Crippen MR) is 103 cm³/mol. The van der Waals surface area contributed by atoms with Gasteiger partial charge in [-0.1, -0.05) is 23.4 Å². The lowest BCUT2D eigenvalue weighted by molar-refractivity contribution is -0.113. The Labute approximate surface area is 157 Å². The zero-order chi connectivity index (χ0) is 19.8. The summed E-state index contributed by atoms with van der Waals surface area (Å²) in [4.78, 5) is 22.5. The van der Waals surface area contributed by atoms with E-state index < -0.39 is 0 Å². The van der Waals surface area contributed by atoms with Crippen molar-refractivity contribution in [2.45, 2.75) is 27.7 Å². The van der Waals surface area contributed by atoms with Crippen molar-refractivity contribution in [3.8, 4) is 0 Å². The third-order valence-corrected chi connectivity index (χ3v) is 3.16. The molecule has 0 fully saturated rings. The third kappa shape index (κ3) is 6.35. The maximum atomic E-state index is 11.2. The summed E-state index contributed by atoms with van der Waals surface area (Å²) in [6.45, 7) is 6.34. The fourth-order valence-electron chi connectivity index (χ4n) is 2.19. The van der Waals surface area contributed by atoms with Crippen LogP contribution in [0.25, 0.3) is 0 Å². The second-order valence-electron chi connectivity index (χ2n) is 5.87. The van der Waals surface area contributed by atoms with Crippen LogP contribution in [0.15, 0.2) is 68.6 Å². The maximum Gasteiger partial charge on any atom is 0.259 e. The van der Waals surface area contributed by atoms with Crippen molar-refractivity contribution in [1.29, 1.82) is 0 Å². The lowest BCUT2D eigenvalue weighted by Gasteiger charge is -2.04. The molecule has 1 aromatic carbocycles. The molecule has 0 aliphatic heterocycles. The van der Waals surface area contributed by atoms with Crippen LogP contribution in [0.3, 0.4) is 0 Å². The SMILES string of the molecule is CC(=O)/C=C(\C)Nc1noc(N/C(C)=C/C(C)=O)c1N=Nc1ccccc1. The van der Waals surface area contributed by atoms with E-state index in [-0.39, 0.29) is 17.5 Å². The van der Waals surface area contributed by atoms with Gasteiger partial charge in [0.25, 0.3) is 5.88 Å². The normalized spacial score (nSPS) is 12.3. The van der Waals surface area contributed by atoms with Gasteiger partial charge in [-0.05, 0) is 52.0 Å². The Hall–Kier alpha value is -3.55. The number of allylic oxidation sites excluding steroid dienone is 4. The molecular formula is C19H21N5O3. The first-order chi connectivity index (χ1) is 12.8. The van der Waals surface area contributed by atoms with Gasteiger partial charge in [0.1, 0.15) is 0 Å². The van der Waals surface area contributed by atoms with Crippen LogP contribution in [0.1, 0.15) is 27.7 Å². The van der Waals surface area contributed by atoms with E-state index in [1.807, 2.05) is 18.2 Å². The van der Waals surface area contributed by atoms with Crippen LogP contribution in [0, 0.1) is 0 Å². The summed E-state index contributed by atoms with van der Waals surface area (Å²) in [5.74, 6) is 0.311. The largest absolute Gasteiger partial charge is 0.339 e. The second kappa shape index (κ2) is 9.23. The molecule has 1 aromatic heterocycles. The van der Waals surface area contributed by atoms with Gasteiger partial charge in [-0.25, -0.2) is 0 Å². The number of carbonyl (C=O) groups excluding carboxylic acids is 2. The monoisotopic (exact) mass is 367 g/mol. The first-order valence-corrected chi connectivity index (χ1v) is 8.23. The Kier molecular flexibility index (Phi) is 6.76. The molecule has 0 aliphatic rings. The van der Waals surface area contributed by atoms with E-state index in [9.17, 15) is 9.59 Å². The van der Waals surface area contributed by atoms with E-state index in [1.54, 1.807) is 26.0 Å². The van der Waals surface area contributed by atoms with E-state index in [4.69, 9.17) is 4.52 Å². The molecule has 8 nitrogen and oxygen atoms in total. The summed E-state index contributed by atoms with van der Waals surface area (Å²) in [5, 5.41) is 18.3. The van der Waals surface area contributed by atoms with Crippen LogP contribution in [0.4, 0.5) is 23.1 Å². The van der Waals surface area contributed by atoms with E-state index in [0.717, 1.165) is 0 Å². The van der Waals surface area contributed by atoms with E-state index in [1.165, 1.54) is 26.0 Å². The Morgan fingerprint density at radius 2 is 1.52 bits per heavy atom. The zero-order valence-corrected chi connectivity index (χ0v) is 15.6. The van der Waals surface area contributed by atoms with Crippen molar-refractivity contribution in [3.05, 3.63) is 53.9 Å². The second-order valence-corrected chi connectivity index (χ2v) is 5.87. The Balaban J connectivity index is 2.37. The highest BCUT2D eigenvalue weighted by Gasteiger charge is 2.17. The number of benzene rings is 1. The first kappa shape index (κ1) is 19.8. The number of nitrogens with zero attached hydrogens (tertiary/aromatic N) is 3. The summed E-state index contributed by atoms with van der Waals surface area (Å²) >= 11 is 0. The van der Waals surface area contributed by atoms with Crippen LogP contribution in [-0.4, -0.2) is 16.7 Å². The highest BCUT2D eigenvalue weighted by Crippen LogP contribution is 2.36. The van der Waals surface area contributed by atoms with Crippen molar-refractivity contribution in [3.63, 3.8) is 0 Å². The van der Waals surface area contributed by atoms with E-state index in [0.29, 0.717) is 28.6 Å². The Morgan fingerprint density at radius 1 is 0.926 bits per heavy atom. The average molecular weight is 367 g/mol. The fraction of sp³-hybridized carbons (Fsp3) is 0.211. The van der Waals surface area contributed by atoms with E-state index in [2.05, 4.69) is 26.0 Å². The quantitative estimate of drug-likeness (QED) is 0.507. The molecule has 140 valence electrons. The number of aromatic nitrogens is 1. The topological polar surface area (TPSA) is 109 Å². The summed E-state index contributed by atoms with van der Waals surface area (Å²) in [6, 6.07) is 9.18. The number of carbonyl (C=O) groups is 2. The lowest BCUT2D eigenvalue weighted by Crippen LogP contribution is -1.99. The van der Waals surface area contributed by atoms with Gasteiger partial charge >= 0.3 is 0 Å². The number of hydrogen-bond donors (Lipinski definition) is 2. The third-order valence-electron chi connectivity index (χ3n) is 3.16. The summed E-state index contributed by atoms with van der Waals surface area (Å²) < 4.78 is 5.30. The molecular weight excluding hydrogens is 346 g/mol. The van der Waals surface area contributed by atoms with Gasteiger partial charge in [-0.15, -0.1) is 5.11 Å². The van der Waals surface area contributed by atoms with E-state index >= 15 is 0 Å². The smallest absolute Gasteiger partial charge is 0.259 e. The molecule has 2 rings (SSSR count). The number of anilines is 2. The molecule has 0 saturated carbocycles. The molecule has 27 heavy (non-hydrogen) atoms. The molecule has 0 aliphatic carbocycles. The van der Waals surface area contributed by atoms with Crippen molar-refractivity contribution < 1.29 is 14.1 Å². The van der Waals surface area contributed by atoms with Crippen molar-refractivity contribution >= 4 is 34.6 Å². The molecule has 2 N–H and O–H groups in total. The molecule has 1 heterocycles. The van der Waals surface area contributed by atoms with Crippen LogP contribution in [-0.2, 0) is 9.59 Å². The molecule has 0 radical (unpaired) electrons. The molecule has 0 unspecified atom stereocenters. The van der Waals surface area contributed by atoms with Gasteiger partial charge < -0.3 is 15.2 Å². The molecule has 0 atom stereocenters. The number of nitrogens with one attached hydrogen (secondary N) is 2. The van der Waals surface area contributed by atoms with Crippen molar-refractivity contribution in [1.82, 2.24) is 5.16 Å². The molecule has 0 amide bonds. The summed E-state index contributed by atoms with van der Waals surface area (Å²) in [5.41, 5.74) is 2.11. The van der Waals surface area contributed by atoms with Gasteiger partial charge in [0.05, 0.1) is 5.69 Å². The first-order valence-electron chi connectivity index (χ1n) is 8.23. The summed E-state index contributed by atoms with van der Waals surface area (Å²) in [6.07, 6.45) is 2.86. The van der Waals surface area contributed by atoms with Gasteiger partial charge in [-0.2, -0.15) is 5.11 Å². The number of ketones is 2. The maximum absolute atomic E-state index is 11.2. The zero-order valence-electron chi connectivity index (χ0n) is 15.6. The standard InChI is InChI=1S/C19H21N5O3/c1-12(10-14(3)25)20-18-17(23-22-16-8-6-5-7-9-16)19(27-24-18)21-13(2)11-15(4)26/h5-11,21H,1-4H3,(H,20,24)/b12-10+,13-11+,23-22?. The molecule has 8 heteroatoms. The highest BCUT2D eigenvalue weighted by atomic mass is 16.5. The highest BCUT2D eigenvalue weighted by molar-refractivity contribution is 5.89. The molecule has 0 saturated heterocycles. The van der Waals surface area contributed by atoms with Crippen LogP contribution in [0.2, 0.25) is 0 Å². The Morgan fingerprint density at radius 3 is 2.11 bits per heavy atom. The minimum atomic E-state index is -0.106. The molecule has 0 spiro atoms. The minimum absolute atomic E-state index is 0.102. The van der Waals surface area contributed by atoms with Crippen LogP contribution < -0.4 is 10.6 Å². The number of azo groups is 1. The van der Waals surface area contributed by atoms with Gasteiger partial charge in [0, 0.05) is 11.4 Å². The summed E-state index contributed by atoms with van der Waals surface area (Å²) in [7, 11) is 0. The average Bonchev–Trinajstić information content (AvgIpc) is 2.93. The minimum Gasteiger partial charge on any atom is -0.339 e. The van der Waals surface area contributed by atoms with Crippen molar-refractivity contribution in [2.75, 3.05) is 10.6 Å². The van der Waals surface area contributed by atoms with Crippen molar-refractivity contribution in [2.24, 2.45) is 10.2 Å². The molecule has 0 bridgehead atoms. The van der Waals surface area contributed by atoms with Crippen LogP contribution >= 0.6 is 0 Å².